The van der Waals surface area contributed by atoms with Crippen molar-refractivity contribution in [1.29, 1.82) is 5.41 Å². The molecule has 186 valence electrons. The number of nitrogens with one attached hydrogen (secondary N) is 1. The lowest BCUT2D eigenvalue weighted by Crippen LogP contribution is -2.48. The van der Waals surface area contributed by atoms with Crippen LogP contribution in [0.25, 0.3) is 0 Å². The van der Waals surface area contributed by atoms with Gasteiger partial charge < -0.3 is 4.90 Å². The molecule has 1 unspecified atom stereocenters. The molecule has 0 aromatic heterocycles. The van der Waals surface area contributed by atoms with Crippen molar-refractivity contribution in [3.63, 3.8) is 0 Å². The molecule has 1 aliphatic heterocycles. The molecule has 0 bridgehead atoms. The van der Waals surface area contributed by atoms with E-state index >= 15 is 0 Å². The Hall–Kier alpha value is -3.13. The predicted molar refractivity (Wildman–Crippen MR) is 152 cm³/mol. The summed E-state index contributed by atoms with van der Waals surface area (Å²) in [5, 5.41) is 9.00. The van der Waals surface area contributed by atoms with Crippen LogP contribution < -0.4 is 0 Å². The fourth-order valence-corrected chi connectivity index (χ4v) is 6.68. The van der Waals surface area contributed by atoms with E-state index in [1.54, 1.807) is 0 Å². The number of hydrogen-bond acceptors (Lipinski definition) is 1. The second kappa shape index (κ2) is 10.5. The van der Waals surface area contributed by atoms with Gasteiger partial charge >= 0.3 is 0 Å². The fourth-order valence-electron chi connectivity index (χ4n) is 6.68. The van der Waals surface area contributed by atoms with Gasteiger partial charge in [0.15, 0.2) is 0 Å². The van der Waals surface area contributed by atoms with Crippen LogP contribution in [-0.4, -0.2) is 16.8 Å². The highest BCUT2D eigenvalue weighted by Gasteiger charge is 2.40. The first-order chi connectivity index (χ1) is 17.4. The minimum atomic E-state index is -0.0748. The van der Waals surface area contributed by atoms with Gasteiger partial charge in [-0.3, -0.25) is 5.41 Å². The molecule has 1 saturated heterocycles. The maximum Gasteiger partial charge on any atom is 0.101 e. The van der Waals surface area contributed by atoms with Crippen molar-refractivity contribution >= 4 is 5.84 Å². The number of amidine groups is 1. The summed E-state index contributed by atoms with van der Waals surface area (Å²) in [6.45, 7) is 9.12. The Morgan fingerprint density at radius 1 is 0.833 bits per heavy atom. The smallest absolute Gasteiger partial charge is 0.101 e. The third-order valence-corrected chi connectivity index (χ3v) is 8.46. The Labute approximate surface area is 217 Å². The van der Waals surface area contributed by atoms with Crippen molar-refractivity contribution in [1.82, 2.24) is 4.90 Å². The third-order valence-electron chi connectivity index (χ3n) is 8.46. The van der Waals surface area contributed by atoms with Crippen LogP contribution in [0.2, 0.25) is 0 Å². The van der Waals surface area contributed by atoms with E-state index in [-0.39, 0.29) is 5.41 Å². The van der Waals surface area contributed by atoms with Crippen LogP contribution in [0.3, 0.4) is 0 Å². The van der Waals surface area contributed by atoms with E-state index in [1.165, 1.54) is 65.5 Å². The van der Waals surface area contributed by atoms with Crippen molar-refractivity contribution in [2.75, 3.05) is 0 Å². The maximum absolute atomic E-state index is 9.00. The lowest BCUT2D eigenvalue weighted by Gasteiger charge is -2.47. The number of rotatable bonds is 6. The summed E-state index contributed by atoms with van der Waals surface area (Å²) in [6.07, 6.45) is 9.94. The van der Waals surface area contributed by atoms with Gasteiger partial charge in [0.1, 0.15) is 5.84 Å². The number of piperidine rings is 1. The van der Waals surface area contributed by atoms with Crippen molar-refractivity contribution in [2.24, 2.45) is 0 Å². The molecule has 0 radical (unpaired) electrons. The maximum atomic E-state index is 9.00. The average molecular weight is 477 g/mol. The first-order valence-corrected chi connectivity index (χ1v) is 13.7. The van der Waals surface area contributed by atoms with Gasteiger partial charge in [-0.1, -0.05) is 106 Å². The average Bonchev–Trinajstić information content (AvgIpc) is 2.86. The zero-order chi connectivity index (χ0) is 25.1. The summed E-state index contributed by atoms with van der Waals surface area (Å²) in [6, 6.07) is 27.0. The highest BCUT2D eigenvalue weighted by molar-refractivity contribution is 5.84. The van der Waals surface area contributed by atoms with Gasteiger partial charge in [-0.15, -0.1) is 0 Å². The van der Waals surface area contributed by atoms with Crippen LogP contribution in [0.15, 0.2) is 85.1 Å². The van der Waals surface area contributed by atoms with E-state index in [0.29, 0.717) is 6.04 Å². The molecule has 36 heavy (non-hydrogen) atoms. The number of likely N-dealkylation sites (tertiary alicyclic amines) is 1. The van der Waals surface area contributed by atoms with Crippen LogP contribution >= 0.6 is 0 Å². The zero-order valence-electron chi connectivity index (χ0n) is 22.0. The minimum Gasteiger partial charge on any atom is -0.332 e. The zero-order valence-corrected chi connectivity index (χ0v) is 22.0. The van der Waals surface area contributed by atoms with Gasteiger partial charge in [-0.25, -0.2) is 0 Å². The molecule has 1 saturated carbocycles. The standard InChI is InChI=1S/C34H40N2/c1-25-23-34(3,24-33(35)36(25)31-17-8-5-9-18-31)32-19-11-16-30(26(32)2)22-29-15-10-14-28(21-29)20-27-12-6-4-7-13-27/h4,6-7,10-16,19,21,31,35H,1,5,8-9,17-18,20,22-24H2,2-3H3. The van der Waals surface area contributed by atoms with Crippen LogP contribution in [-0.2, 0) is 18.3 Å². The molecule has 1 atom stereocenters. The normalized spacial score (nSPS) is 21.1. The summed E-state index contributed by atoms with van der Waals surface area (Å²) < 4.78 is 0. The van der Waals surface area contributed by atoms with Crippen LogP contribution in [0.5, 0.6) is 0 Å². The Morgan fingerprint density at radius 3 is 2.22 bits per heavy atom. The first-order valence-electron chi connectivity index (χ1n) is 13.7. The number of benzene rings is 3. The molecule has 1 aliphatic carbocycles. The van der Waals surface area contributed by atoms with Gasteiger partial charge in [-0.2, -0.15) is 0 Å². The van der Waals surface area contributed by atoms with E-state index in [0.717, 1.165) is 37.2 Å². The Kier molecular flexibility index (Phi) is 7.14. The molecule has 5 rings (SSSR count). The molecule has 0 amide bonds. The molecule has 3 aromatic carbocycles. The van der Waals surface area contributed by atoms with Crippen molar-refractivity contribution in [3.05, 3.63) is 118 Å². The highest BCUT2D eigenvalue weighted by atomic mass is 15.2. The molecule has 2 aliphatic rings. The quantitative estimate of drug-likeness (QED) is 0.380. The second-order valence-electron chi connectivity index (χ2n) is 11.3. The molecule has 0 spiro atoms. The monoisotopic (exact) mass is 476 g/mol. The molecular weight excluding hydrogens is 436 g/mol. The largest absolute Gasteiger partial charge is 0.332 e. The molecule has 1 heterocycles. The Balaban J connectivity index is 1.35. The van der Waals surface area contributed by atoms with Gasteiger partial charge in [-0.05, 0) is 72.4 Å². The molecule has 3 aromatic rings. The number of hydrogen-bond donors (Lipinski definition) is 1. The van der Waals surface area contributed by atoms with Gasteiger partial charge in [0.2, 0.25) is 0 Å². The van der Waals surface area contributed by atoms with Crippen molar-refractivity contribution < 1.29 is 0 Å². The number of nitrogens with zero attached hydrogens (tertiary/aromatic N) is 1. The molecule has 2 heteroatoms. The number of allylic oxidation sites excluding steroid dienone is 1. The summed E-state index contributed by atoms with van der Waals surface area (Å²) in [5.74, 6) is 0.763. The highest BCUT2D eigenvalue weighted by Crippen LogP contribution is 2.43. The van der Waals surface area contributed by atoms with Crippen molar-refractivity contribution in [2.45, 2.75) is 83.1 Å². The second-order valence-corrected chi connectivity index (χ2v) is 11.3. The summed E-state index contributed by atoms with van der Waals surface area (Å²) in [4.78, 5) is 2.29. The lowest BCUT2D eigenvalue weighted by atomic mass is 9.70. The molecule has 1 N–H and O–H groups in total. The van der Waals surface area contributed by atoms with E-state index < -0.39 is 0 Å². The third kappa shape index (κ3) is 5.19. The van der Waals surface area contributed by atoms with Gasteiger partial charge in [0.05, 0.1) is 0 Å². The van der Waals surface area contributed by atoms with E-state index in [2.05, 4.69) is 98.1 Å². The van der Waals surface area contributed by atoms with Crippen LogP contribution in [0, 0.1) is 12.3 Å². The van der Waals surface area contributed by atoms with Gasteiger partial charge in [0, 0.05) is 23.6 Å². The van der Waals surface area contributed by atoms with Crippen molar-refractivity contribution in [3.8, 4) is 0 Å². The SMILES string of the molecule is C=C1CC(C)(c2cccc(Cc3cccc(Cc4ccccc4)c3)c2C)CC(=N)N1C1CCCCC1. The Bertz CT molecular complexity index is 1220. The summed E-state index contributed by atoms with van der Waals surface area (Å²) in [5.41, 5.74) is 9.28. The molecule has 2 nitrogen and oxygen atoms in total. The molecule has 2 fully saturated rings. The predicted octanol–water partition coefficient (Wildman–Crippen LogP) is 8.35. The molecular formula is C34H40N2. The summed E-state index contributed by atoms with van der Waals surface area (Å²) >= 11 is 0. The topological polar surface area (TPSA) is 27.1 Å². The van der Waals surface area contributed by atoms with E-state index in [9.17, 15) is 0 Å². The van der Waals surface area contributed by atoms with Crippen LogP contribution in [0.1, 0.15) is 85.3 Å². The minimum absolute atomic E-state index is 0.0748. The van der Waals surface area contributed by atoms with Crippen LogP contribution in [0.4, 0.5) is 0 Å². The fraction of sp³-hybridized carbons (Fsp3) is 0.382. The first kappa shape index (κ1) is 24.6. The van der Waals surface area contributed by atoms with Gasteiger partial charge in [0.25, 0.3) is 0 Å². The van der Waals surface area contributed by atoms with E-state index in [4.69, 9.17) is 5.41 Å². The Morgan fingerprint density at radius 2 is 1.50 bits per heavy atom. The van der Waals surface area contributed by atoms with E-state index in [1.807, 2.05) is 0 Å². The summed E-state index contributed by atoms with van der Waals surface area (Å²) in [7, 11) is 0. The lowest BCUT2D eigenvalue weighted by molar-refractivity contribution is 0.239.